The fourth-order valence-corrected chi connectivity index (χ4v) is 4.19. The molecule has 2 bridgehead atoms. The molecule has 0 radical (unpaired) electrons. The highest BCUT2D eigenvalue weighted by Gasteiger charge is 2.57. The number of benzene rings is 1. The molecule has 2 fully saturated rings. The first-order valence-corrected chi connectivity index (χ1v) is 9.39. The molecule has 0 saturated carbocycles. The number of fused-ring (bicyclic) bond motifs is 2. The summed E-state index contributed by atoms with van der Waals surface area (Å²) < 4.78 is 44.0. The molecule has 3 heterocycles. The van der Waals surface area contributed by atoms with Crippen LogP contribution in [0.15, 0.2) is 30.6 Å². The summed E-state index contributed by atoms with van der Waals surface area (Å²) in [6.45, 7) is 0. The number of nitrogens with zero attached hydrogens (tertiary/aromatic N) is 2. The minimum atomic E-state index is -4.67. The lowest BCUT2D eigenvalue weighted by Gasteiger charge is -2.29. The zero-order valence-corrected chi connectivity index (χ0v) is 16.0. The normalized spacial score (nSPS) is 28.6. The topological polar surface area (TPSA) is 84.3 Å². The third kappa shape index (κ3) is 3.79. The molecule has 4 rings (SSSR count). The summed E-state index contributed by atoms with van der Waals surface area (Å²) in [5.74, 6) is -3.11. The predicted octanol–water partition coefficient (Wildman–Crippen LogP) is 3.67. The fourth-order valence-electron chi connectivity index (χ4n) is 3.90. The number of halogens is 5. The number of amides is 1. The van der Waals surface area contributed by atoms with Gasteiger partial charge in [0.25, 0.3) is 0 Å². The van der Waals surface area contributed by atoms with Gasteiger partial charge in [0, 0.05) is 30.4 Å². The summed E-state index contributed by atoms with van der Waals surface area (Å²) >= 11 is 11.8. The molecule has 0 aliphatic carbocycles. The molecule has 1 amide bonds. The molecule has 1 aromatic heterocycles. The van der Waals surface area contributed by atoms with Crippen LogP contribution in [-0.4, -0.2) is 39.3 Å². The number of ether oxygens (including phenoxy) is 1. The van der Waals surface area contributed by atoms with Gasteiger partial charge >= 0.3 is 6.18 Å². The van der Waals surface area contributed by atoms with Gasteiger partial charge in [-0.25, -0.2) is 9.97 Å². The van der Waals surface area contributed by atoms with E-state index in [4.69, 9.17) is 27.9 Å². The quantitative estimate of drug-likeness (QED) is 0.749. The number of hydrogen-bond donors (Lipinski definition) is 2. The van der Waals surface area contributed by atoms with Gasteiger partial charge in [-0.15, -0.1) is 0 Å². The minimum absolute atomic E-state index is 0.252. The first-order chi connectivity index (χ1) is 13.6. The summed E-state index contributed by atoms with van der Waals surface area (Å²) in [4.78, 5) is 19.7. The van der Waals surface area contributed by atoms with Crippen LogP contribution < -0.4 is 5.32 Å². The summed E-state index contributed by atoms with van der Waals surface area (Å²) in [5.41, 5.74) is 0.702. The number of carbonyl (C=O) groups excluding carboxylic acids is 1. The molecule has 2 saturated heterocycles. The maximum atomic E-state index is 12.9. The first kappa shape index (κ1) is 20.3. The van der Waals surface area contributed by atoms with E-state index in [9.17, 15) is 23.1 Å². The number of aromatic nitrogens is 2. The van der Waals surface area contributed by atoms with Crippen molar-refractivity contribution in [3.05, 3.63) is 52.0 Å². The van der Waals surface area contributed by atoms with Crippen molar-refractivity contribution < 1.29 is 27.8 Å². The zero-order valence-electron chi connectivity index (χ0n) is 14.5. The van der Waals surface area contributed by atoms with Crippen molar-refractivity contribution in [2.45, 2.75) is 36.8 Å². The van der Waals surface area contributed by atoms with E-state index in [1.807, 2.05) is 0 Å². The van der Waals surface area contributed by atoms with Crippen molar-refractivity contribution in [2.24, 2.45) is 5.92 Å². The van der Waals surface area contributed by atoms with E-state index < -0.39 is 48.1 Å². The van der Waals surface area contributed by atoms with Gasteiger partial charge in [-0.1, -0.05) is 23.2 Å². The second-order valence-electron chi connectivity index (χ2n) is 6.95. The number of carbonyl (C=O) groups is 1. The Labute approximate surface area is 173 Å². The lowest BCUT2D eigenvalue weighted by molar-refractivity contribution is -0.145. The highest BCUT2D eigenvalue weighted by Crippen LogP contribution is 2.49. The first-order valence-electron chi connectivity index (χ1n) is 8.63. The lowest BCUT2D eigenvalue weighted by atomic mass is 9.74. The number of hydrogen-bond acceptors (Lipinski definition) is 5. The largest absolute Gasteiger partial charge is 0.451 e. The van der Waals surface area contributed by atoms with Crippen LogP contribution in [0, 0.1) is 5.92 Å². The minimum Gasteiger partial charge on any atom is -0.390 e. The molecule has 2 aliphatic rings. The lowest BCUT2D eigenvalue weighted by Crippen LogP contribution is -2.41. The molecule has 2 aliphatic heterocycles. The van der Waals surface area contributed by atoms with E-state index >= 15 is 0 Å². The van der Waals surface area contributed by atoms with E-state index in [2.05, 4.69) is 15.3 Å². The third-order valence-corrected chi connectivity index (χ3v) is 5.87. The predicted molar refractivity (Wildman–Crippen MR) is 97.6 cm³/mol. The van der Waals surface area contributed by atoms with Gasteiger partial charge in [0.15, 0.2) is 0 Å². The van der Waals surface area contributed by atoms with Crippen LogP contribution in [0.2, 0.25) is 10.0 Å². The average molecular weight is 448 g/mol. The smallest absolute Gasteiger partial charge is 0.390 e. The van der Waals surface area contributed by atoms with Crippen molar-refractivity contribution in [1.82, 2.24) is 9.97 Å². The molecule has 11 heteroatoms. The van der Waals surface area contributed by atoms with Gasteiger partial charge < -0.3 is 15.2 Å². The Hall–Kier alpha value is -1.94. The molecular formula is C18H14Cl2F3N3O3. The second kappa shape index (κ2) is 7.39. The monoisotopic (exact) mass is 447 g/mol. The summed E-state index contributed by atoms with van der Waals surface area (Å²) in [7, 11) is 0. The summed E-state index contributed by atoms with van der Waals surface area (Å²) in [6, 6.07) is 4.59. The maximum absolute atomic E-state index is 12.9. The Morgan fingerprint density at radius 1 is 1.21 bits per heavy atom. The van der Waals surface area contributed by atoms with Crippen molar-refractivity contribution >= 4 is 34.8 Å². The molecule has 0 spiro atoms. The van der Waals surface area contributed by atoms with Crippen molar-refractivity contribution in [2.75, 3.05) is 5.32 Å². The van der Waals surface area contributed by atoms with Crippen LogP contribution in [-0.2, 0) is 15.7 Å². The fraction of sp³-hybridized carbons (Fsp3) is 0.389. The number of aliphatic hydroxyl groups excluding tert-OH is 1. The Morgan fingerprint density at radius 3 is 2.52 bits per heavy atom. The Kier molecular flexibility index (Phi) is 5.18. The highest BCUT2D eigenvalue weighted by atomic mass is 35.5. The van der Waals surface area contributed by atoms with Gasteiger partial charge in [0.05, 0.1) is 34.3 Å². The number of alkyl halides is 3. The third-order valence-electron chi connectivity index (χ3n) is 5.13. The summed E-state index contributed by atoms with van der Waals surface area (Å²) in [5, 5.41) is 13.5. The molecule has 1 aromatic carbocycles. The van der Waals surface area contributed by atoms with Crippen LogP contribution in [0.3, 0.4) is 0 Å². The number of aliphatic hydroxyl groups is 1. The molecule has 154 valence electrons. The van der Waals surface area contributed by atoms with Crippen molar-refractivity contribution in [3.63, 3.8) is 0 Å². The second-order valence-corrected chi connectivity index (χ2v) is 7.76. The van der Waals surface area contributed by atoms with E-state index in [0.29, 0.717) is 16.3 Å². The Morgan fingerprint density at radius 2 is 1.90 bits per heavy atom. The van der Waals surface area contributed by atoms with Gasteiger partial charge in [0.2, 0.25) is 11.7 Å². The number of rotatable bonds is 3. The molecule has 5 atom stereocenters. The molecule has 29 heavy (non-hydrogen) atoms. The summed E-state index contributed by atoms with van der Waals surface area (Å²) in [6.07, 6.45) is -4.51. The average Bonchev–Trinajstić information content (AvgIpc) is 3.21. The molecule has 0 unspecified atom stereocenters. The van der Waals surface area contributed by atoms with Gasteiger partial charge in [0.1, 0.15) is 0 Å². The van der Waals surface area contributed by atoms with Crippen LogP contribution in [0.1, 0.15) is 23.7 Å². The SMILES string of the molecule is O=C(Nc1ccc(Cl)c(Cl)c1)[C@H]1[C@@H](c2cnc(C(F)(F)F)nc2)[C@H]2O[C@@H]1C[C@@H]2O. The maximum Gasteiger partial charge on any atom is 0.451 e. The van der Waals surface area contributed by atoms with Gasteiger partial charge in [-0.05, 0) is 23.8 Å². The standard InChI is InChI=1S/C18H14Cl2F3N3O3/c19-9-2-1-8(3-10(9)20)26-16(28)14-12-4-11(27)15(29-12)13(14)7-5-24-17(25-6-7)18(21,22)23/h1-3,5-6,11-15,27H,4H2,(H,26,28)/t11-,12+,13+,14+,15-/m0/s1. The van der Waals surface area contributed by atoms with Gasteiger partial charge in [-0.3, -0.25) is 4.79 Å². The van der Waals surface area contributed by atoms with Crippen LogP contribution in [0.5, 0.6) is 0 Å². The highest BCUT2D eigenvalue weighted by molar-refractivity contribution is 6.42. The molecule has 2 N–H and O–H groups in total. The molecule has 2 aromatic rings. The van der Waals surface area contributed by atoms with Gasteiger partial charge in [-0.2, -0.15) is 13.2 Å². The van der Waals surface area contributed by atoms with Crippen LogP contribution in [0.25, 0.3) is 0 Å². The van der Waals surface area contributed by atoms with Crippen LogP contribution in [0.4, 0.5) is 18.9 Å². The molecule has 6 nitrogen and oxygen atoms in total. The van der Waals surface area contributed by atoms with E-state index in [0.717, 1.165) is 12.4 Å². The van der Waals surface area contributed by atoms with Crippen LogP contribution >= 0.6 is 23.2 Å². The van der Waals surface area contributed by atoms with E-state index in [1.54, 1.807) is 6.07 Å². The number of anilines is 1. The molecular weight excluding hydrogens is 434 g/mol. The van der Waals surface area contributed by atoms with E-state index in [1.165, 1.54) is 12.1 Å². The Balaban J connectivity index is 1.61. The van der Waals surface area contributed by atoms with Crippen molar-refractivity contribution in [3.8, 4) is 0 Å². The Bertz CT molecular complexity index is 942. The zero-order chi connectivity index (χ0) is 20.9. The van der Waals surface area contributed by atoms with Crippen molar-refractivity contribution in [1.29, 1.82) is 0 Å². The number of nitrogens with one attached hydrogen (secondary N) is 1. The van der Waals surface area contributed by atoms with E-state index in [-0.39, 0.29) is 11.4 Å².